The summed E-state index contributed by atoms with van der Waals surface area (Å²) < 4.78 is 40.8. The van der Waals surface area contributed by atoms with Crippen LogP contribution < -0.4 is 5.73 Å². The molecule has 4 nitrogen and oxygen atoms in total. The maximum absolute atomic E-state index is 14.1. The van der Waals surface area contributed by atoms with E-state index >= 15 is 0 Å². The van der Waals surface area contributed by atoms with E-state index in [4.69, 9.17) is 5.73 Å². The summed E-state index contributed by atoms with van der Waals surface area (Å²) in [4.78, 5) is -0.247. The first kappa shape index (κ1) is 16.4. The molecule has 21 heavy (non-hydrogen) atoms. The van der Waals surface area contributed by atoms with Gasteiger partial charge >= 0.3 is 0 Å². The van der Waals surface area contributed by atoms with E-state index in [-0.39, 0.29) is 16.9 Å². The van der Waals surface area contributed by atoms with Crippen LogP contribution in [-0.4, -0.2) is 25.8 Å². The number of benzene rings is 1. The largest absolute Gasteiger partial charge is 0.326 e. The summed E-state index contributed by atoms with van der Waals surface area (Å²) in [5.41, 5.74) is 6.06. The van der Waals surface area contributed by atoms with Gasteiger partial charge in [-0.25, -0.2) is 12.8 Å². The van der Waals surface area contributed by atoms with Crippen LogP contribution in [0.2, 0.25) is 0 Å². The second kappa shape index (κ2) is 6.02. The minimum atomic E-state index is -3.77. The van der Waals surface area contributed by atoms with Gasteiger partial charge in [-0.3, -0.25) is 0 Å². The van der Waals surface area contributed by atoms with Crippen molar-refractivity contribution in [2.45, 2.75) is 44.6 Å². The Balaban J connectivity index is 2.31. The Morgan fingerprint density at radius 2 is 2.00 bits per heavy atom. The van der Waals surface area contributed by atoms with Gasteiger partial charge in [-0.05, 0) is 42.4 Å². The van der Waals surface area contributed by atoms with Gasteiger partial charge in [0.05, 0.1) is 0 Å². The topological polar surface area (TPSA) is 63.4 Å². The van der Waals surface area contributed by atoms with E-state index in [0.717, 1.165) is 19.3 Å². The van der Waals surface area contributed by atoms with Gasteiger partial charge in [0, 0.05) is 19.6 Å². The molecule has 0 unspecified atom stereocenters. The molecule has 0 aliphatic carbocycles. The summed E-state index contributed by atoms with van der Waals surface area (Å²) in [7, 11) is -3.77. The van der Waals surface area contributed by atoms with Crippen LogP contribution in [-0.2, 0) is 16.6 Å². The summed E-state index contributed by atoms with van der Waals surface area (Å²) >= 11 is 0. The number of nitrogens with zero attached hydrogens (tertiary/aromatic N) is 1. The van der Waals surface area contributed by atoms with Crippen molar-refractivity contribution in [3.05, 3.63) is 29.6 Å². The SMILES string of the molecule is CCC1(CC)CCN(S(=O)(=O)c2ccc(CN)cc2F)C1. The van der Waals surface area contributed by atoms with Crippen molar-refractivity contribution in [1.29, 1.82) is 0 Å². The lowest BCUT2D eigenvalue weighted by molar-refractivity contribution is 0.279. The Morgan fingerprint density at radius 1 is 1.33 bits per heavy atom. The predicted octanol–water partition coefficient (Wildman–Crippen LogP) is 2.49. The molecular weight excluding hydrogens is 291 g/mol. The number of halogens is 1. The fourth-order valence-corrected chi connectivity index (χ4v) is 4.55. The first-order valence-electron chi connectivity index (χ1n) is 7.37. The number of sulfonamides is 1. The average Bonchev–Trinajstić information content (AvgIpc) is 2.92. The zero-order valence-electron chi connectivity index (χ0n) is 12.6. The Morgan fingerprint density at radius 3 is 2.48 bits per heavy atom. The third-order valence-corrected chi connectivity index (χ3v) is 6.63. The first-order chi connectivity index (χ1) is 9.88. The van der Waals surface area contributed by atoms with Gasteiger partial charge in [0.1, 0.15) is 10.7 Å². The molecule has 1 heterocycles. The summed E-state index contributed by atoms with van der Waals surface area (Å²) in [5, 5.41) is 0. The van der Waals surface area contributed by atoms with Gasteiger partial charge in [-0.1, -0.05) is 19.9 Å². The number of hydrogen-bond donors (Lipinski definition) is 1. The fourth-order valence-electron chi connectivity index (χ4n) is 2.95. The Bertz CT molecular complexity index is 612. The van der Waals surface area contributed by atoms with Crippen LogP contribution in [0, 0.1) is 11.2 Å². The van der Waals surface area contributed by atoms with Crippen LogP contribution in [0.3, 0.4) is 0 Å². The molecule has 1 aromatic rings. The van der Waals surface area contributed by atoms with Crippen molar-refractivity contribution in [2.24, 2.45) is 11.1 Å². The maximum Gasteiger partial charge on any atom is 0.246 e. The molecule has 1 saturated heterocycles. The van der Waals surface area contributed by atoms with Crippen LogP contribution in [0.1, 0.15) is 38.7 Å². The van der Waals surface area contributed by atoms with E-state index in [1.165, 1.54) is 16.4 Å². The number of hydrogen-bond acceptors (Lipinski definition) is 3. The van der Waals surface area contributed by atoms with Crippen molar-refractivity contribution >= 4 is 10.0 Å². The van der Waals surface area contributed by atoms with Crippen molar-refractivity contribution in [3.63, 3.8) is 0 Å². The molecule has 0 radical (unpaired) electrons. The third kappa shape index (κ3) is 2.98. The third-order valence-electron chi connectivity index (χ3n) is 4.75. The molecule has 0 amide bonds. The molecule has 1 fully saturated rings. The second-order valence-electron chi connectivity index (χ2n) is 5.76. The predicted molar refractivity (Wildman–Crippen MR) is 80.7 cm³/mol. The smallest absolute Gasteiger partial charge is 0.246 e. The molecule has 2 N–H and O–H groups in total. The van der Waals surface area contributed by atoms with Crippen molar-refractivity contribution in [2.75, 3.05) is 13.1 Å². The lowest BCUT2D eigenvalue weighted by atomic mass is 9.82. The molecule has 2 rings (SSSR count). The van der Waals surface area contributed by atoms with E-state index in [1.807, 2.05) is 0 Å². The Labute approximate surface area is 126 Å². The molecule has 1 aromatic carbocycles. The van der Waals surface area contributed by atoms with Crippen LogP contribution in [0.15, 0.2) is 23.1 Å². The average molecular weight is 314 g/mol. The summed E-state index contributed by atoms with van der Waals surface area (Å²) in [6.45, 7) is 5.28. The monoisotopic (exact) mass is 314 g/mol. The molecule has 0 spiro atoms. The van der Waals surface area contributed by atoms with Crippen molar-refractivity contribution < 1.29 is 12.8 Å². The molecule has 0 bridgehead atoms. The Kier molecular flexibility index (Phi) is 4.70. The summed E-state index contributed by atoms with van der Waals surface area (Å²) in [5.74, 6) is -0.719. The van der Waals surface area contributed by atoms with Crippen LogP contribution in [0.25, 0.3) is 0 Å². The van der Waals surface area contributed by atoms with Crippen LogP contribution >= 0.6 is 0 Å². The molecule has 1 aliphatic heterocycles. The number of nitrogens with two attached hydrogens (primary N) is 1. The minimum Gasteiger partial charge on any atom is -0.326 e. The summed E-state index contributed by atoms with van der Waals surface area (Å²) in [6, 6.07) is 4.10. The molecule has 1 aliphatic rings. The molecule has 0 atom stereocenters. The quantitative estimate of drug-likeness (QED) is 0.908. The highest BCUT2D eigenvalue weighted by Gasteiger charge is 2.41. The van der Waals surface area contributed by atoms with Gasteiger partial charge in [0.2, 0.25) is 10.0 Å². The normalized spacial score (nSPS) is 19.0. The molecule has 6 heteroatoms. The molecule has 118 valence electrons. The van der Waals surface area contributed by atoms with Gasteiger partial charge in [-0.15, -0.1) is 0 Å². The molecule has 0 aromatic heterocycles. The van der Waals surface area contributed by atoms with Crippen LogP contribution in [0.5, 0.6) is 0 Å². The van der Waals surface area contributed by atoms with E-state index in [0.29, 0.717) is 18.7 Å². The second-order valence-corrected chi connectivity index (χ2v) is 7.67. The molecular formula is C15H23FN2O2S. The lowest BCUT2D eigenvalue weighted by Gasteiger charge is -2.26. The zero-order chi connectivity index (χ0) is 15.7. The van der Waals surface area contributed by atoms with E-state index in [9.17, 15) is 12.8 Å². The standard InChI is InChI=1S/C15H23FN2O2S/c1-3-15(4-2)7-8-18(11-15)21(19,20)14-6-5-12(10-17)9-13(14)16/h5-6,9H,3-4,7-8,10-11,17H2,1-2H3. The summed E-state index contributed by atoms with van der Waals surface area (Å²) in [6.07, 6.45) is 2.70. The van der Waals surface area contributed by atoms with Gasteiger partial charge in [-0.2, -0.15) is 4.31 Å². The highest BCUT2D eigenvalue weighted by Crippen LogP contribution is 2.39. The van der Waals surface area contributed by atoms with Crippen molar-refractivity contribution in [1.82, 2.24) is 4.31 Å². The molecule has 0 saturated carbocycles. The maximum atomic E-state index is 14.1. The van der Waals surface area contributed by atoms with Crippen LogP contribution in [0.4, 0.5) is 4.39 Å². The van der Waals surface area contributed by atoms with Gasteiger partial charge < -0.3 is 5.73 Å². The minimum absolute atomic E-state index is 0.0285. The first-order valence-corrected chi connectivity index (χ1v) is 8.81. The van der Waals surface area contributed by atoms with Crippen molar-refractivity contribution in [3.8, 4) is 0 Å². The fraction of sp³-hybridized carbons (Fsp3) is 0.600. The van der Waals surface area contributed by atoms with Gasteiger partial charge in [0.15, 0.2) is 0 Å². The van der Waals surface area contributed by atoms with E-state index in [2.05, 4.69) is 13.8 Å². The lowest BCUT2D eigenvalue weighted by Crippen LogP contribution is -2.32. The highest BCUT2D eigenvalue weighted by atomic mass is 32.2. The highest BCUT2D eigenvalue weighted by molar-refractivity contribution is 7.89. The Hall–Kier alpha value is -0.980. The zero-order valence-corrected chi connectivity index (χ0v) is 13.4. The number of rotatable bonds is 5. The van der Waals surface area contributed by atoms with Gasteiger partial charge in [0.25, 0.3) is 0 Å². The van der Waals surface area contributed by atoms with E-state index in [1.54, 1.807) is 6.07 Å². The van der Waals surface area contributed by atoms with E-state index < -0.39 is 15.8 Å².